The smallest absolute Gasteiger partial charge is 0.213 e. The molecule has 2 unspecified atom stereocenters. The van der Waals surface area contributed by atoms with Gasteiger partial charge in [-0.2, -0.15) is 0 Å². The number of nitrogens with two attached hydrogens (primary N) is 1. The topological polar surface area (TPSA) is 48.1 Å². The van der Waals surface area contributed by atoms with Crippen LogP contribution in [0.1, 0.15) is 45.2 Å². The van der Waals surface area contributed by atoms with Gasteiger partial charge < -0.3 is 10.5 Å². The van der Waals surface area contributed by atoms with E-state index in [-0.39, 0.29) is 12.1 Å². The molecule has 1 rings (SSSR count). The summed E-state index contributed by atoms with van der Waals surface area (Å²) in [5.74, 6) is 0.672. The molecule has 1 heterocycles. The van der Waals surface area contributed by atoms with E-state index >= 15 is 0 Å². The third kappa shape index (κ3) is 3.88. The van der Waals surface area contributed by atoms with Crippen LogP contribution >= 0.6 is 0 Å². The first-order chi connectivity index (χ1) is 7.13. The van der Waals surface area contributed by atoms with Crippen LogP contribution in [0.5, 0.6) is 5.88 Å². The van der Waals surface area contributed by atoms with Crippen LogP contribution < -0.4 is 10.5 Å². The number of ether oxygens (including phenoxy) is 1. The summed E-state index contributed by atoms with van der Waals surface area (Å²) in [6, 6.07) is 3.86. The molecule has 3 heteroatoms. The zero-order valence-corrected chi connectivity index (χ0v) is 9.73. The van der Waals surface area contributed by atoms with Crippen LogP contribution in [-0.4, -0.2) is 11.1 Å². The van der Waals surface area contributed by atoms with Crippen molar-refractivity contribution >= 4 is 0 Å². The van der Waals surface area contributed by atoms with E-state index in [2.05, 4.69) is 18.8 Å². The summed E-state index contributed by atoms with van der Waals surface area (Å²) in [4.78, 5) is 4.17. The Labute approximate surface area is 91.7 Å². The van der Waals surface area contributed by atoms with E-state index < -0.39 is 0 Å². The van der Waals surface area contributed by atoms with Crippen molar-refractivity contribution in [3.63, 3.8) is 0 Å². The lowest BCUT2D eigenvalue weighted by atomic mass is 10.1. The van der Waals surface area contributed by atoms with Gasteiger partial charge in [-0.25, -0.2) is 4.98 Å². The van der Waals surface area contributed by atoms with E-state index in [1.807, 2.05) is 19.1 Å². The maximum Gasteiger partial charge on any atom is 0.213 e. The van der Waals surface area contributed by atoms with E-state index in [1.165, 1.54) is 0 Å². The van der Waals surface area contributed by atoms with Crippen LogP contribution in [0.3, 0.4) is 0 Å². The fourth-order valence-electron chi connectivity index (χ4n) is 1.44. The molecule has 2 atom stereocenters. The fraction of sp³-hybridized carbons (Fsp3) is 0.583. The first kappa shape index (κ1) is 12.0. The second-order valence-corrected chi connectivity index (χ2v) is 3.93. The molecule has 0 spiro atoms. The monoisotopic (exact) mass is 208 g/mol. The highest BCUT2D eigenvalue weighted by atomic mass is 16.5. The number of pyridine rings is 1. The number of hydrogen-bond acceptors (Lipinski definition) is 3. The van der Waals surface area contributed by atoms with Gasteiger partial charge in [-0.15, -0.1) is 0 Å². The molecule has 0 fully saturated rings. The van der Waals surface area contributed by atoms with E-state index in [9.17, 15) is 0 Å². The summed E-state index contributed by atoms with van der Waals surface area (Å²) in [5, 5.41) is 0. The molecule has 0 bridgehead atoms. The molecule has 3 nitrogen and oxygen atoms in total. The second kappa shape index (κ2) is 5.71. The molecular weight excluding hydrogens is 188 g/mol. The maximum absolute atomic E-state index is 5.79. The van der Waals surface area contributed by atoms with Crippen molar-refractivity contribution in [2.45, 2.75) is 45.8 Å². The van der Waals surface area contributed by atoms with Gasteiger partial charge >= 0.3 is 0 Å². The summed E-state index contributed by atoms with van der Waals surface area (Å²) < 4.78 is 5.68. The Kier molecular flexibility index (Phi) is 4.56. The molecule has 0 aliphatic rings. The minimum absolute atomic E-state index is 0.0248. The lowest BCUT2D eigenvalue weighted by molar-refractivity contribution is 0.201. The Morgan fingerprint density at radius 1 is 1.47 bits per heavy atom. The molecule has 15 heavy (non-hydrogen) atoms. The summed E-state index contributed by atoms with van der Waals surface area (Å²) in [6.45, 7) is 6.16. The molecule has 0 radical (unpaired) electrons. The van der Waals surface area contributed by atoms with Crippen molar-refractivity contribution in [1.82, 2.24) is 4.98 Å². The third-order valence-electron chi connectivity index (χ3n) is 2.30. The van der Waals surface area contributed by atoms with Crippen LogP contribution in [0.4, 0.5) is 0 Å². The number of aromatic nitrogens is 1. The van der Waals surface area contributed by atoms with Gasteiger partial charge in [-0.3, -0.25) is 0 Å². The van der Waals surface area contributed by atoms with Gasteiger partial charge in [0.25, 0.3) is 0 Å². The Morgan fingerprint density at radius 3 is 2.80 bits per heavy atom. The zero-order valence-electron chi connectivity index (χ0n) is 9.73. The molecule has 1 aromatic rings. The molecular formula is C12H20N2O. The highest BCUT2D eigenvalue weighted by Crippen LogP contribution is 2.16. The average Bonchev–Trinajstić information content (AvgIpc) is 2.18. The van der Waals surface area contributed by atoms with E-state index in [0.29, 0.717) is 5.88 Å². The van der Waals surface area contributed by atoms with Crippen LogP contribution in [-0.2, 0) is 0 Å². The van der Waals surface area contributed by atoms with Crippen molar-refractivity contribution in [2.24, 2.45) is 5.73 Å². The van der Waals surface area contributed by atoms with Gasteiger partial charge in [0.15, 0.2) is 0 Å². The molecule has 0 saturated heterocycles. The normalized spacial score (nSPS) is 14.7. The molecule has 2 N–H and O–H groups in total. The van der Waals surface area contributed by atoms with Crippen molar-refractivity contribution in [1.29, 1.82) is 0 Å². The summed E-state index contributed by atoms with van der Waals surface area (Å²) in [6.07, 6.45) is 4.12. The predicted octanol–water partition coefficient (Wildman–Crippen LogP) is 2.67. The first-order valence-electron chi connectivity index (χ1n) is 5.51. The standard InChI is InChI=1S/C12H20N2O/c1-4-5-9(2)15-12-8-11(10(3)13)6-7-14-12/h6-10H,4-5,13H2,1-3H3. The summed E-state index contributed by atoms with van der Waals surface area (Å²) >= 11 is 0. The first-order valence-corrected chi connectivity index (χ1v) is 5.51. The summed E-state index contributed by atoms with van der Waals surface area (Å²) in [5.41, 5.74) is 6.85. The quantitative estimate of drug-likeness (QED) is 0.809. The van der Waals surface area contributed by atoms with Crippen molar-refractivity contribution in [2.75, 3.05) is 0 Å². The largest absolute Gasteiger partial charge is 0.475 e. The van der Waals surface area contributed by atoms with Gasteiger partial charge in [0.05, 0.1) is 6.10 Å². The number of hydrogen-bond donors (Lipinski definition) is 1. The third-order valence-corrected chi connectivity index (χ3v) is 2.30. The predicted molar refractivity (Wildman–Crippen MR) is 61.8 cm³/mol. The molecule has 0 aliphatic heterocycles. The van der Waals surface area contributed by atoms with Crippen molar-refractivity contribution in [3.05, 3.63) is 23.9 Å². The Balaban J connectivity index is 2.65. The molecule has 0 amide bonds. The van der Waals surface area contributed by atoms with E-state index in [0.717, 1.165) is 18.4 Å². The van der Waals surface area contributed by atoms with Crippen LogP contribution in [0, 0.1) is 0 Å². The highest BCUT2D eigenvalue weighted by Gasteiger charge is 2.06. The van der Waals surface area contributed by atoms with Gasteiger partial charge in [0, 0.05) is 18.3 Å². The van der Waals surface area contributed by atoms with Gasteiger partial charge in [0.1, 0.15) is 0 Å². The van der Waals surface area contributed by atoms with Crippen LogP contribution in [0.15, 0.2) is 18.3 Å². The SMILES string of the molecule is CCCC(C)Oc1cc(C(C)N)ccn1. The second-order valence-electron chi connectivity index (χ2n) is 3.93. The van der Waals surface area contributed by atoms with Crippen LogP contribution in [0.2, 0.25) is 0 Å². The number of rotatable bonds is 5. The van der Waals surface area contributed by atoms with Gasteiger partial charge in [-0.1, -0.05) is 13.3 Å². The maximum atomic E-state index is 5.79. The lowest BCUT2D eigenvalue weighted by Crippen LogP contribution is -2.13. The Hall–Kier alpha value is -1.09. The molecule has 0 aromatic carbocycles. The highest BCUT2D eigenvalue weighted by molar-refractivity contribution is 5.22. The minimum atomic E-state index is 0.0248. The Morgan fingerprint density at radius 2 is 2.20 bits per heavy atom. The lowest BCUT2D eigenvalue weighted by Gasteiger charge is -2.14. The minimum Gasteiger partial charge on any atom is -0.475 e. The molecule has 0 saturated carbocycles. The van der Waals surface area contributed by atoms with Crippen molar-refractivity contribution < 1.29 is 4.74 Å². The van der Waals surface area contributed by atoms with E-state index in [4.69, 9.17) is 10.5 Å². The number of nitrogens with zero attached hydrogens (tertiary/aromatic N) is 1. The van der Waals surface area contributed by atoms with Gasteiger partial charge in [0.2, 0.25) is 5.88 Å². The zero-order chi connectivity index (χ0) is 11.3. The van der Waals surface area contributed by atoms with Crippen LogP contribution in [0.25, 0.3) is 0 Å². The Bertz CT molecular complexity index is 299. The van der Waals surface area contributed by atoms with Crippen molar-refractivity contribution in [3.8, 4) is 5.88 Å². The molecule has 0 aliphatic carbocycles. The fourth-order valence-corrected chi connectivity index (χ4v) is 1.44. The molecule has 1 aromatic heterocycles. The van der Waals surface area contributed by atoms with E-state index in [1.54, 1.807) is 6.20 Å². The molecule has 84 valence electrons. The summed E-state index contributed by atoms with van der Waals surface area (Å²) in [7, 11) is 0. The van der Waals surface area contributed by atoms with Gasteiger partial charge in [-0.05, 0) is 31.9 Å². The average molecular weight is 208 g/mol.